The summed E-state index contributed by atoms with van der Waals surface area (Å²) in [5, 5.41) is 23.3. The van der Waals surface area contributed by atoms with Gasteiger partial charge in [-0.15, -0.1) is 0 Å². The molecule has 0 saturated heterocycles. The predicted octanol–water partition coefficient (Wildman–Crippen LogP) is 28.2. The average molecular weight is 1290 g/mol. The van der Waals surface area contributed by atoms with Gasteiger partial charge in [-0.3, -0.25) is 9.59 Å². The molecule has 0 heterocycles. The van der Waals surface area contributed by atoms with Crippen LogP contribution < -0.4 is 5.32 Å². The summed E-state index contributed by atoms with van der Waals surface area (Å²) >= 11 is 0. The summed E-state index contributed by atoms with van der Waals surface area (Å²) in [6.45, 7) is 4.96. The quantitative estimate of drug-likeness (QED) is 0.0320. The molecule has 0 saturated carbocycles. The average Bonchev–Trinajstić information content (AvgIpc) is 3.61. The first kappa shape index (κ1) is 90.1. The fourth-order valence-corrected chi connectivity index (χ4v) is 13.5. The molecule has 1 amide bonds. The molecule has 2 unspecified atom stereocenters. The molecule has 0 fully saturated rings. The van der Waals surface area contributed by atoms with Crippen molar-refractivity contribution in [3.05, 3.63) is 36.5 Å². The number of nitrogens with one attached hydrogen (secondary N) is 1. The lowest BCUT2D eigenvalue weighted by atomic mass is 10.0. The number of amides is 1. The first-order valence-electron chi connectivity index (χ1n) is 42.3. The Bertz CT molecular complexity index is 1490. The van der Waals surface area contributed by atoms with Crippen LogP contribution in [0.5, 0.6) is 0 Å². The van der Waals surface area contributed by atoms with E-state index in [1.54, 1.807) is 6.08 Å². The lowest BCUT2D eigenvalue weighted by molar-refractivity contribution is -0.143. The molecule has 0 aliphatic rings. The molecule has 544 valence electrons. The van der Waals surface area contributed by atoms with Crippen molar-refractivity contribution in [2.24, 2.45) is 0 Å². The van der Waals surface area contributed by atoms with Gasteiger partial charge in [-0.25, -0.2) is 0 Å². The molecule has 0 rings (SSSR count). The Morgan fingerprint density at radius 2 is 0.543 bits per heavy atom. The van der Waals surface area contributed by atoms with E-state index in [1.807, 2.05) is 6.08 Å². The lowest BCUT2D eigenvalue weighted by Crippen LogP contribution is -2.45. The van der Waals surface area contributed by atoms with Crippen LogP contribution in [-0.2, 0) is 14.3 Å². The lowest BCUT2D eigenvalue weighted by Gasteiger charge is -2.20. The fraction of sp³-hybridized carbons (Fsp3) is 0.907. The number of carbonyl (C=O) groups is 2. The van der Waals surface area contributed by atoms with Crippen LogP contribution in [0.2, 0.25) is 0 Å². The molecule has 6 heteroatoms. The maximum atomic E-state index is 12.6. The fourth-order valence-electron chi connectivity index (χ4n) is 13.5. The molecule has 92 heavy (non-hydrogen) atoms. The van der Waals surface area contributed by atoms with Gasteiger partial charge >= 0.3 is 5.97 Å². The zero-order valence-corrected chi connectivity index (χ0v) is 62.6. The van der Waals surface area contributed by atoms with Crippen LogP contribution in [-0.4, -0.2) is 47.4 Å². The molecule has 0 aliphatic carbocycles. The molecular formula is C86H165NO5. The van der Waals surface area contributed by atoms with E-state index in [0.717, 1.165) is 44.9 Å². The third-order valence-electron chi connectivity index (χ3n) is 19.9. The highest BCUT2D eigenvalue weighted by Gasteiger charge is 2.18. The van der Waals surface area contributed by atoms with Gasteiger partial charge in [0.1, 0.15) is 0 Å². The Labute approximate surface area is 576 Å². The molecule has 0 aromatic heterocycles. The third-order valence-corrected chi connectivity index (χ3v) is 19.9. The highest BCUT2D eigenvalue weighted by molar-refractivity contribution is 5.76. The SMILES string of the molecule is CCCCCCCCCCCCCCCCCCCCCCC/C=C/C(O)C(CO)NC(=O)CCCCCCCCCCCCCCCCCCC/C=C\C/C=C\CCCCCCCCCCCCCCCOC(=O)CCCCCCCCCCCCCCCCC. The summed E-state index contributed by atoms with van der Waals surface area (Å²) in [5.41, 5.74) is 0. The number of allylic oxidation sites excluding steroid dienone is 5. The number of aliphatic hydroxyl groups excluding tert-OH is 2. The van der Waals surface area contributed by atoms with Crippen molar-refractivity contribution in [2.75, 3.05) is 13.2 Å². The Balaban J connectivity index is 3.38. The maximum Gasteiger partial charge on any atom is 0.305 e. The van der Waals surface area contributed by atoms with Crippen molar-refractivity contribution in [3.8, 4) is 0 Å². The first-order valence-corrected chi connectivity index (χ1v) is 42.3. The summed E-state index contributed by atoms with van der Waals surface area (Å²) < 4.78 is 5.51. The van der Waals surface area contributed by atoms with E-state index < -0.39 is 12.1 Å². The van der Waals surface area contributed by atoms with Crippen molar-refractivity contribution in [1.82, 2.24) is 5.32 Å². The standard InChI is InChI=1S/C86H165NO5/c1-3-5-7-9-11-13-15-17-19-20-21-22-38-41-44-47-51-54-58-62-66-70-74-78-84(89)83(82-88)87-85(90)79-75-71-67-63-59-55-52-48-45-42-39-36-34-32-30-28-26-24-23-25-27-29-31-33-35-37-40-43-46-49-53-57-61-65-69-73-77-81-92-86(91)80-76-72-68-64-60-56-50-18-16-14-12-10-8-6-4-2/h23,25,29,31,74,78,83-84,88-89H,3-22,24,26-28,30,32-73,75-77,79-82H2,1-2H3,(H,87,90)/b25-23-,31-29-,78-74+. The molecule has 0 radical (unpaired) electrons. The number of unbranched alkanes of at least 4 members (excludes halogenated alkanes) is 65. The van der Waals surface area contributed by atoms with E-state index in [2.05, 4.69) is 43.5 Å². The smallest absolute Gasteiger partial charge is 0.305 e. The van der Waals surface area contributed by atoms with Gasteiger partial charge in [0.25, 0.3) is 0 Å². The molecule has 6 nitrogen and oxygen atoms in total. The van der Waals surface area contributed by atoms with Gasteiger partial charge < -0.3 is 20.3 Å². The first-order chi connectivity index (χ1) is 45.5. The second-order valence-corrected chi connectivity index (χ2v) is 29.2. The van der Waals surface area contributed by atoms with Crippen molar-refractivity contribution in [3.63, 3.8) is 0 Å². The van der Waals surface area contributed by atoms with E-state index in [0.29, 0.717) is 19.4 Å². The second-order valence-electron chi connectivity index (χ2n) is 29.2. The van der Waals surface area contributed by atoms with E-state index in [9.17, 15) is 19.8 Å². The van der Waals surface area contributed by atoms with Gasteiger partial charge in [-0.05, 0) is 64.2 Å². The topological polar surface area (TPSA) is 95.9 Å². The number of ether oxygens (including phenoxy) is 1. The minimum Gasteiger partial charge on any atom is -0.466 e. The van der Waals surface area contributed by atoms with Crippen LogP contribution in [0.15, 0.2) is 36.5 Å². The number of aliphatic hydroxyl groups is 2. The summed E-state index contributed by atoms with van der Waals surface area (Å²) in [4.78, 5) is 24.7. The van der Waals surface area contributed by atoms with E-state index in [4.69, 9.17) is 4.74 Å². The maximum absolute atomic E-state index is 12.6. The van der Waals surface area contributed by atoms with Crippen LogP contribution in [0.3, 0.4) is 0 Å². The molecule has 0 aromatic rings. The normalized spacial score (nSPS) is 12.6. The number of carbonyl (C=O) groups excluding carboxylic acids is 2. The van der Waals surface area contributed by atoms with Crippen LogP contribution in [0.4, 0.5) is 0 Å². The van der Waals surface area contributed by atoms with Crippen molar-refractivity contribution in [1.29, 1.82) is 0 Å². The zero-order valence-electron chi connectivity index (χ0n) is 62.6. The largest absolute Gasteiger partial charge is 0.466 e. The van der Waals surface area contributed by atoms with Gasteiger partial charge in [0.15, 0.2) is 0 Å². The molecule has 0 bridgehead atoms. The predicted molar refractivity (Wildman–Crippen MR) is 407 cm³/mol. The highest BCUT2D eigenvalue weighted by atomic mass is 16.5. The summed E-state index contributed by atoms with van der Waals surface area (Å²) in [6, 6.07) is -0.627. The third kappa shape index (κ3) is 77.1. The number of esters is 1. The van der Waals surface area contributed by atoms with Crippen LogP contribution >= 0.6 is 0 Å². The van der Waals surface area contributed by atoms with Gasteiger partial charge in [-0.2, -0.15) is 0 Å². The van der Waals surface area contributed by atoms with Gasteiger partial charge in [0.2, 0.25) is 5.91 Å². The Hall–Kier alpha value is -1.92. The Kier molecular flexibility index (Phi) is 79.8. The summed E-state index contributed by atoms with van der Waals surface area (Å²) in [5.74, 6) is -0.0377. The van der Waals surface area contributed by atoms with Crippen LogP contribution in [0.1, 0.15) is 476 Å². The van der Waals surface area contributed by atoms with Crippen molar-refractivity contribution in [2.45, 2.75) is 488 Å². The van der Waals surface area contributed by atoms with Crippen molar-refractivity contribution >= 4 is 11.9 Å². The summed E-state index contributed by atoms with van der Waals surface area (Å²) in [6.07, 6.45) is 107. The minimum absolute atomic E-state index is 0.0224. The highest BCUT2D eigenvalue weighted by Crippen LogP contribution is 2.20. The molecule has 2 atom stereocenters. The summed E-state index contributed by atoms with van der Waals surface area (Å²) in [7, 11) is 0. The molecular weight excluding hydrogens is 1130 g/mol. The minimum atomic E-state index is -0.844. The second kappa shape index (κ2) is 81.5. The molecule has 0 aliphatic heterocycles. The van der Waals surface area contributed by atoms with Crippen LogP contribution in [0, 0.1) is 0 Å². The zero-order chi connectivity index (χ0) is 66.3. The molecule has 0 spiro atoms. The van der Waals surface area contributed by atoms with Crippen molar-refractivity contribution < 1.29 is 24.5 Å². The Morgan fingerprint density at radius 3 is 0.826 bits per heavy atom. The monoisotopic (exact) mass is 1290 g/mol. The molecule has 0 aromatic carbocycles. The van der Waals surface area contributed by atoms with E-state index >= 15 is 0 Å². The Morgan fingerprint density at radius 1 is 0.304 bits per heavy atom. The van der Waals surface area contributed by atoms with Gasteiger partial charge in [0, 0.05) is 12.8 Å². The number of hydrogen-bond acceptors (Lipinski definition) is 5. The van der Waals surface area contributed by atoms with Gasteiger partial charge in [-0.1, -0.05) is 436 Å². The van der Waals surface area contributed by atoms with Gasteiger partial charge in [0.05, 0.1) is 25.4 Å². The van der Waals surface area contributed by atoms with E-state index in [1.165, 1.54) is 405 Å². The van der Waals surface area contributed by atoms with E-state index in [-0.39, 0.29) is 18.5 Å². The number of rotatable bonds is 80. The van der Waals surface area contributed by atoms with Crippen LogP contribution in [0.25, 0.3) is 0 Å². The molecule has 3 N–H and O–H groups in total. The number of hydrogen-bond donors (Lipinski definition) is 3.